The fourth-order valence-electron chi connectivity index (χ4n) is 3.90. The van der Waals surface area contributed by atoms with E-state index in [-0.39, 0.29) is 28.8 Å². The van der Waals surface area contributed by atoms with Crippen molar-refractivity contribution in [1.82, 2.24) is 10.3 Å². The molecule has 0 atom stereocenters. The van der Waals surface area contributed by atoms with Gasteiger partial charge in [-0.1, -0.05) is 48.0 Å². The van der Waals surface area contributed by atoms with Crippen LogP contribution in [-0.2, 0) is 17.8 Å². The summed E-state index contributed by atoms with van der Waals surface area (Å²) in [7, 11) is 0. The second kappa shape index (κ2) is 12.1. The molecule has 0 saturated heterocycles. The van der Waals surface area contributed by atoms with Crippen LogP contribution in [0.5, 0.6) is 11.5 Å². The number of amides is 1. The second-order valence-electron chi connectivity index (χ2n) is 8.18. The molecule has 2 N–H and O–H groups in total. The fourth-order valence-corrected chi connectivity index (χ4v) is 4.17. The average Bonchev–Trinajstić information content (AvgIpc) is 3.31. The Balaban J connectivity index is 1.46. The standard InChI is InChI=1S/C29H25ClFN3O3/c1-2-36-27-15-19(14-24(30)28(27)37-18-21-7-3-5-9-25(21)31)13-22(16-32)29(35)33-12-11-20-17-34-26-10-6-4-8-23(20)26/h3-10,13-15,17,34H,2,11-12,18H2,1H3,(H,33,35)/b22-13-. The van der Waals surface area contributed by atoms with Crippen LogP contribution in [0.15, 0.2) is 72.4 Å². The van der Waals surface area contributed by atoms with Crippen molar-refractivity contribution < 1.29 is 18.7 Å². The van der Waals surface area contributed by atoms with Gasteiger partial charge in [-0.25, -0.2) is 4.39 Å². The first kappa shape index (κ1) is 25.8. The van der Waals surface area contributed by atoms with Crippen LogP contribution in [-0.4, -0.2) is 24.0 Å². The lowest BCUT2D eigenvalue weighted by Gasteiger charge is -2.15. The van der Waals surface area contributed by atoms with E-state index in [1.807, 2.05) is 36.5 Å². The van der Waals surface area contributed by atoms with Crippen LogP contribution in [0.2, 0.25) is 5.02 Å². The van der Waals surface area contributed by atoms with Gasteiger partial charge in [-0.15, -0.1) is 0 Å². The van der Waals surface area contributed by atoms with E-state index in [0.717, 1.165) is 16.5 Å². The van der Waals surface area contributed by atoms with Gasteiger partial charge in [-0.3, -0.25) is 4.79 Å². The SMILES string of the molecule is CCOc1cc(/C=C(/C#N)C(=O)NCCc2c[nH]c3ccccc23)cc(Cl)c1OCc1ccccc1F. The molecule has 0 radical (unpaired) electrons. The lowest BCUT2D eigenvalue weighted by Crippen LogP contribution is -2.26. The number of aromatic amines is 1. The maximum atomic E-state index is 14.0. The van der Waals surface area contributed by atoms with E-state index in [0.29, 0.717) is 36.4 Å². The first-order valence-electron chi connectivity index (χ1n) is 11.8. The van der Waals surface area contributed by atoms with Crippen molar-refractivity contribution in [3.05, 3.63) is 100.0 Å². The first-order valence-corrected chi connectivity index (χ1v) is 12.2. The van der Waals surface area contributed by atoms with E-state index in [4.69, 9.17) is 21.1 Å². The van der Waals surface area contributed by atoms with E-state index in [1.165, 1.54) is 12.1 Å². The highest BCUT2D eigenvalue weighted by Gasteiger charge is 2.15. The van der Waals surface area contributed by atoms with Gasteiger partial charge in [0.1, 0.15) is 24.1 Å². The largest absolute Gasteiger partial charge is 0.490 e. The molecule has 0 aliphatic heterocycles. The van der Waals surface area contributed by atoms with Gasteiger partial charge in [0.15, 0.2) is 11.5 Å². The number of carbonyl (C=O) groups is 1. The molecule has 4 rings (SSSR count). The number of carbonyl (C=O) groups excluding carboxylic acids is 1. The smallest absolute Gasteiger partial charge is 0.261 e. The first-order chi connectivity index (χ1) is 18.0. The highest BCUT2D eigenvalue weighted by molar-refractivity contribution is 6.32. The summed E-state index contributed by atoms with van der Waals surface area (Å²) < 4.78 is 25.4. The van der Waals surface area contributed by atoms with Crippen molar-refractivity contribution in [3.8, 4) is 17.6 Å². The normalized spacial score (nSPS) is 11.2. The van der Waals surface area contributed by atoms with E-state index < -0.39 is 5.91 Å². The Morgan fingerprint density at radius 3 is 2.70 bits per heavy atom. The molecule has 0 unspecified atom stereocenters. The Hall–Kier alpha value is -4.28. The molecule has 6 nitrogen and oxygen atoms in total. The van der Waals surface area contributed by atoms with Crippen LogP contribution in [0.1, 0.15) is 23.6 Å². The molecule has 188 valence electrons. The molecular weight excluding hydrogens is 493 g/mol. The maximum Gasteiger partial charge on any atom is 0.261 e. The van der Waals surface area contributed by atoms with Crippen molar-refractivity contribution in [3.63, 3.8) is 0 Å². The van der Waals surface area contributed by atoms with Crippen molar-refractivity contribution in [2.24, 2.45) is 0 Å². The molecule has 8 heteroatoms. The summed E-state index contributed by atoms with van der Waals surface area (Å²) in [5.74, 6) is -0.290. The summed E-state index contributed by atoms with van der Waals surface area (Å²) in [6.45, 7) is 2.47. The molecule has 0 saturated carbocycles. The van der Waals surface area contributed by atoms with Crippen LogP contribution in [0.3, 0.4) is 0 Å². The van der Waals surface area contributed by atoms with Crippen molar-refractivity contribution in [2.75, 3.05) is 13.2 Å². The number of H-pyrrole nitrogens is 1. The number of rotatable bonds is 10. The summed E-state index contributed by atoms with van der Waals surface area (Å²) in [5, 5.41) is 13.7. The number of hydrogen-bond donors (Lipinski definition) is 2. The Labute approximate surface area is 219 Å². The third-order valence-corrected chi connectivity index (χ3v) is 5.97. The number of nitriles is 1. The Morgan fingerprint density at radius 2 is 1.92 bits per heavy atom. The molecule has 0 bridgehead atoms. The molecule has 3 aromatic carbocycles. The van der Waals surface area contributed by atoms with Crippen LogP contribution >= 0.6 is 11.6 Å². The van der Waals surface area contributed by atoms with Crippen LogP contribution in [0, 0.1) is 17.1 Å². The summed E-state index contributed by atoms with van der Waals surface area (Å²) >= 11 is 6.46. The lowest BCUT2D eigenvalue weighted by molar-refractivity contribution is -0.117. The summed E-state index contributed by atoms with van der Waals surface area (Å²) in [6.07, 6.45) is 3.98. The third-order valence-electron chi connectivity index (χ3n) is 5.69. The number of hydrogen-bond acceptors (Lipinski definition) is 4. The molecule has 0 spiro atoms. The van der Waals surface area contributed by atoms with Gasteiger partial charge in [0.25, 0.3) is 5.91 Å². The number of nitrogens with zero attached hydrogens (tertiary/aromatic N) is 1. The molecular formula is C29H25ClFN3O3. The number of para-hydroxylation sites is 1. The van der Waals surface area contributed by atoms with Gasteiger partial charge < -0.3 is 19.8 Å². The average molecular weight is 518 g/mol. The molecule has 0 fully saturated rings. The minimum Gasteiger partial charge on any atom is -0.490 e. The second-order valence-corrected chi connectivity index (χ2v) is 8.59. The van der Waals surface area contributed by atoms with Crippen molar-refractivity contribution in [2.45, 2.75) is 20.0 Å². The van der Waals surface area contributed by atoms with Crippen molar-refractivity contribution >= 4 is 34.5 Å². The van der Waals surface area contributed by atoms with Gasteiger partial charge in [0, 0.05) is 29.2 Å². The minimum atomic E-state index is -0.490. The number of aromatic nitrogens is 1. The number of halogens is 2. The Morgan fingerprint density at radius 1 is 1.14 bits per heavy atom. The topological polar surface area (TPSA) is 87.1 Å². The lowest BCUT2D eigenvalue weighted by atomic mass is 10.1. The third kappa shape index (κ3) is 6.29. The van der Waals surface area contributed by atoms with Gasteiger partial charge in [0.2, 0.25) is 0 Å². The molecule has 1 heterocycles. The quantitative estimate of drug-likeness (QED) is 0.193. The predicted molar refractivity (Wildman–Crippen MR) is 142 cm³/mol. The van der Waals surface area contributed by atoms with Crippen LogP contribution in [0.25, 0.3) is 17.0 Å². The van der Waals surface area contributed by atoms with E-state index in [2.05, 4.69) is 10.3 Å². The van der Waals surface area contributed by atoms with Crippen molar-refractivity contribution in [1.29, 1.82) is 5.26 Å². The van der Waals surface area contributed by atoms with E-state index in [1.54, 1.807) is 37.3 Å². The Bertz CT molecular complexity index is 1490. The molecule has 0 aliphatic carbocycles. The van der Waals surface area contributed by atoms with E-state index >= 15 is 0 Å². The van der Waals surface area contributed by atoms with E-state index in [9.17, 15) is 14.4 Å². The summed E-state index contributed by atoms with van der Waals surface area (Å²) in [4.78, 5) is 15.9. The molecule has 37 heavy (non-hydrogen) atoms. The summed E-state index contributed by atoms with van der Waals surface area (Å²) in [5.41, 5.74) is 2.91. The van der Waals surface area contributed by atoms with Gasteiger partial charge in [0.05, 0.1) is 11.6 Å². The maximum absolute atomic E-state index is 14.0. The molecule has 1 aromatic heterocycles. The van der Waals surface area contributed by atoms with Crippen LogP contribution in [0.4, 0.5) is 4.39 Å². The zero-order chi connectivity index (χ0) is 26.2. The highest BCUT2D eigenvalue weighted by atomic mass is 35.5. The van der Waals surface area contributed by atoms with Crippen LogP contribution < -0.4 is 14.8 Å². The number of fused-ring (bicyclic) bond motifs is 1. The van der Waals surface area contributed by atoms with Gasteiger partial charge in [-0.2, -0.15) is 5.26 Å². The highest BCUT2D eigenvalue weighted by Crippen LogP contribution is 2.38. The zero-order valence-corrected chi connectivity index (χ0v) is 20.9. The molecule has 1 amide bonds. The molecule has 0 aliphatic rings. The van der Waals surface area contributed by atoms with Gasteiger partial charge >= 0.3 is 0 Å². The minimum absolute atomic E-state index is 0.0378. The fraction of sp³-hybridized carbons (Fsp3) is 0.172. The zero-order valence-electron chi connectivity index (χ0n) is 20.2. The Kier molecular flexibility index (Phi) is 8.44. The van der Waals surface area contributed by atoms with Gasteiger partial charge in [-0.05, 0) is 54.8 Å². The summed E-state index contributed by atoms with van der Waals surface area (Å²) in [6, 6.07) is 19.4. The monoisotopic (exact) mass is 517 g/mol. The number of benzene rings is 3. The predicted octanol–water partition coefficient (Wildman–Crippen LogP) is 6.20. The number of ether oxygens (including phenoxy) is 2. The molecule has 4 aromatic rings. The number of nitrogens with one attached hydrogen (secondary N) is 2.